The highest BCUT2D eigenvalue weighted by Crippen LogP contribution is 2.26. The second kappa shape index (κ2) is 7.36. The molecule has 7 nitrogen and oxygen atoms in total. The zero-order chi connectivity index (χ0) is 21.4. The second-order valence-electron chi connectivity index (χ2n) is 7.77. The molecular formula is C21H23N3O4S. The van der Waals surface area contributed by atoms with Gasteiger partial charge >= 0.3 is 0 Å². The molecule has 0 bridgehead atoms. The zero-order valence-electron chi connectivity index (χ0n) is 16.7. The van der Waals surface area contributed by atoms with Crippen LogP contribution in [0.15, 0.2) is 59.6 Å². The number of hydrogen-bond acceptors (Lipinski definition) is 4. The Kier molecular flexibility index (Phi) is 5.23. The predicted molar refractivity (Wildman–Crippen MR) is 112 cm³/mol. The number of aromatic amines is 1. The number of amides is 2. The molecular weight excluding hydrogens is 390 g/mol. The molecule has 0 fully saturated rings. The smallest absolute Gasteiger partial charge is 0.270 e. The van der Waals surface area contributed by atoms with Crippen LogP contribution in [0.4, 0.5) is 5.69 Å². The van der Waals surface area contributed by atoms with Crippen LogP contribution < -0.4 is 9.62 Å². The molecule has 0 saturated carbocycles. The van der Waals surface area contributed by atoms with Crippen LogP contribution in [0.3, 0.4) is 0 Å². The molecule has 0 radical (unpaired) electrons. The summed E-state index contributed by atoms with van der Waals surface area (Å²) in [5, 5.41) is 3.56. The molecule has 0 aliphatic heterocycles. The topological polar surface area (TPSA) is 99.3 Å². The standard InChI is InChI=1S/C21H23N3O4S/c1-14(25)24(17-7-5-15(6-8-17)20(26)23-21(2,3)4)29(27,28)18-9-10-19-16(13-18)11-12-22-19/h5-13,22H,1-4H3,(H,23,26). The summed E-state index contributed by atoms with van der Waals surface area (Å²) in [5.41, 5.74) is 0.936. The lowest BCUT2D eigenvalue weighted by molar-refractivity contribution is -0.115. The molecule has 152 valence electrons. The van der Waals surface area contributed by atoms with Crippen molar-refractivity contribution in [3.8, 4) is 0 Å². The molecule has 2 amide bonds. The van der Waals surface area contributed by atoms with Crippen LogP contribution in [-0.4, -0.2) is 30.8 Å². The van der Waals surface area contributed by atoms with Crippen LogP contribution in [-0.2, 0) is 14.8 Å². The minimum atomic E-state index is -4.12. The van der Waals surface area contributed by atoms with Crippen molar-refractivity contribution in [2.75, 3.05) is 4.31 Å². The number of aromatic nitrogens is 1. The first-order valence-electron chi connectivity index (χ1n) is 9.05. The van der Waals surface area contributed by atoms with Crippen LogP contribution in [0.25, 0.3) is 10.9 Å². The number of sulfonamides is 1. The lowest BCUT2D eigenvalue weighted by Gasteiger charge is -2.22. The van der Waals surface area contributed by atoms with E-state index >= 15 is 0 Å². The molecule has 0 unspecified atom stereocenters. The predicted octanol–water partition coefficient (Wildman–Crippen LogP) is 3.44. The Balaban J connectivity index is 1.97. The number of hydrogen-bond donors (Lipinski definition) is 2. The third kappa shape index (κ3) is 4.32. The highest BCUT2D eigenvalue weighted by atomic mass is 32.2. The Morgan fingerprint density at radius 1 is 1.00 bits per heavy atom. The van der Waals surface area contributed by atoms with Crippen molar-refractivity contribution in [2.24, 2.45) is 0 Å². The number of benzene rings is 2. The fraction of sp³-hybridized carbons (Fsp3) is 0.238. The summed E-state index contributed by atoms with van der Waals surface area (Å²) in [6.45, 7) is 6.78. The molecule has 29 heavy (non-hydrogen) atoms. The van der Waals surface area contributed by atoms with Gasteiger partial charge in [0, 0.05) is 35.1 Å². The lowest BCUT2D eigenvalue weighted by atomic mass is 10.1. The molecule has 2 N–H and O–H groups in total. The van der Waals surface area contributed by atoms with Gasteiger partial charge in [0.15, 0.2) is 0 Å². The maximum absolute atomic E-state index is 13.2. The number of rotatable bonds is 4. The molecule has 0 spiro atoms. The van der Waals surface area contributed by atoms with Crippen molar-refractivity contribution in [1.82, 2.24) is 10.3 Å². The van der Waals surface area contributed by atoms with Gasteiger partial charge in [-0.2, -0.15) is 0 Å². The van der Waals surface area contributed by atoms with E-state index < -0.39 is 21.5 Å². The highest BCUT2D eigenvalue weighted by Gasteiger charge is 2.29. The summed E-state index contributed by atoms with van der Waals surface area (Å²) < 4.78 is 27.1. The number of carbonyl (C=O) groups excluding carboxylic acids is 2. The Labute approximate surface area is 169 Å². The van der Waals surface area contributed by atoms with Crippen molar-refractivity contribution in [2.45, 2.75) is 38.1 Å². The van der Waals surface area contributed by atoms with E-state index in [0.717, 1.165) is 15.2 Å². The van der Waals surface area contributed by atoms with Crippen LogP contribution in [0, 0.1) is 0 Å². The number of H-pyrrole nitrogens is 1. The average Bonchev–Trinajstić information content (AvgIpc) is 3.08. The van der Waals surface area contributed by atoms with E-state index in [-0.39, 0.29) is 16.5 Å². The number of carbonyl (C=O) groups is 2. The van der Waals surface area contributed by atoms with Gasteiger partial charge in [-0.15, -0.1) is 0 Å². The van der Waals surface area contributed by atoms with Crippen molar-refractivity contribution < 1.29 is 18.0 Å². The number of fused-ring (bicyclic) bond motifs is 1. The van der Waals surface area contributed by atoms with Crippen LogP contribution >= 0.6 is 0 Å². The Morgan fingerprint density at radius 3 is 2.24 bits per heavy atom. The second-order valence-corrected chi connectivity index (χ2v) is 9.55. The quantitative estimate of drug-likeness (QED) is 0.684. The minimum absolute atomic E-state index is 0.00866. The van der Waals surface area contributed by atoms with Crippen LogP contribution in [0.1, 0.15) is 38.1 Å². The fourth-order valence-electron chi connectivity index (χ4n) is 2.95. The highest BCUT2D eigenvalue weighted by molar-refractivity contribution is 7.93. The van der Waals surface area contributed by atoms with Crippen LogP contribution in [0.2, 0.25) is 0 Å². The van der Waals surface area contributed by atoms with Gasteiger partial charge in [-0.3, -0.25) is 9.59 Å². The molecule has 0 aliphatic carbocycles. The average molecular weight is 413 g/mol. The summed E-state index contributed by atoms with van der Waals surface area (Å²) in [6, 6.07) is 12.3. The monoisotopic (exact) mass is 413 g/mol. The number of nitrogens with one attached hydrogen (secondary N) is 2. The minimum Gasteiger partial charge on any atom is -0.361 e. The van der Waals surface area contributed by atoms with Gasteiger partial charge in [0.05, 0.1) is 10.6 Å². The van der Waals surface area contributed by atoms with Crippen molar-refractivity contribution in [3.05, 3.63) is 60.3 Å². The molecule has 1 heterocycles. The maximum atomic E-state index is 13.2. The van der Waals surface area contributed by atoms with Crippen molar-refractivity contribution >= 4 is 38.4 Å². The first-order chi connectivity index (χ1) is 13.5. The summed E-state index contributed by atoms with van der Waals surface area (Å²) in [4.78, 5) is 27.5. The third-order valence-electron chi connectivity index (χ3n) is 4.20. The van der Waals surface area contributed by atoms with Gasteiger partial charge < -0.3 is 10.3 Å². The SMILES string of the molecule is CC(=O)N(c1ccc(C(=O)NC(C)(C)C)cc1)S(=O)(=O)c1ccc2[nH]ccc2c1. The molecule has 3 rings (SSSR count). The molecule has 8 heteroatoms. The molecule has 3 aromatic rings. The van der Waals surface area contributed by atoms with Gasteiger partial charge in [0.2, 0.25) is 5.91 Å². The maximum Gasteiger partial charge on any atom is 0.270 e. The Morgan fingerprint density at radius 2 is 1.66 bits per heavy atom. The largest absolute Gasteiger partial charge is 0.361 e. The third-order valence-corrected chi connectivity index (χ3v) is 6.00. The van der Waals surface area contributed by atoms with Crippen molar-refractivity contribution in [1.29, 1.82) is 0 Å². The van der Waals surface area contributed by atoms with Gasteiger partial charge in [0.25, 0.3) is 15.9 Å². The summed E-state index contributed by atoms with van der Waals surface area (Å²) in [7, 11) is -4.12. The van der Waals surface area contributed by atoms with E-state index in [0.29, 0.717) is 5.56 Å². The lowest BCUT2D eigenvalue weighted by Crippen LogP contribution is -2.40. The summed E-state index contributed by atoms with van der Waals surface area (Å²) in [5.74, 6) is -0.926. The van der Waals surface area contributed by atoms with E-state index in [2.05, 4.69) is 10.3 Å². The summed E-state index contributed by atoms with van der Waals surface area (Å²) in [6.07, 6.45) is 1.71. The molecule has 0 saturated heterocycles. The molecule has 2 aromatic carbocycles. The van der Waals surface area contributed by atoms with E-state index in [9.17, 15) is 18.0 Å². The number of anilines is 1. The van der Waals surface area contributed by atoms with Gasteiger partial charge in [-0.05, 0) is 69.3 Å². The molecule has 1 aromatic heterocycles. The van der Waals surface area contributed by atoms with Gasteiger partial charge in [0.1, 0.15) is 0 Å². The first kappa shape index (κ1) is 20.6. The number of nitrogens with zero attached hydrogens (tertiary/aromatic N) is 1. The fourth-order valence-corrected chi connectivity index (χ4v) is 4.41. The Bertz CT molecular complexity index is 1170. The van der Waals surface area contributed by atoms with Crippen LogP contribution in [0.5, 0.6) is 0 Å². The van der Waals surface area contributed by atoms with E-state index in [1.54, 1.807) is 18.3 Å². The van der Waals surface area contributed by atoms with Crippen molar-refractivity contribution in [3.63, 3.8) is 0 Å². The van der Waals surface area contributed by atoms with E-state index in [4.69, 9.17) is 0 Å². The van der Waals surface area contributed by atoms with E-state index in [1.165, 1.54) is 43.3 Å². The molecule has 0 aliphatic rings. The summed E-state index contributed by atoms with van der Waals surface area (Å²) >= 11 is 0. The zero-order valence-corrected chi connectivity index (χ0v) is 17.5. The van der Waals surface area contributed by atoms with Gasteiger partial charge in [-0.1, -0.05) is 0 Å². The van der Waals surface area contributed by atoms with Gasteiger partial charge in [-0.25, -0.2) is 12.7 Å². The normalized spacial score (nSPS) is 12.0. The Hall–Kier alpha value is -3.13. The van der Waals surface area contributed by atoms with E-state index in [1.807, 2.05) is 20.8 Å². The first-order valence-corrected chi connectivity index (χ1v) is 10.5. The molecule has 0 atom stereocenters.